The molecule has 0 saturated carbocycles. The molecule has 0 saturated heterocycles. The van der Waals surface area contributed by atoms with Crippen molar-refractivity contribution in [3.8, 4) is 0 Å². The van der Waals surface area contributed by atoms with Gasteiger partial charge in [0.25, 0.3) is 0 Å². The van der Waals surface area contributed by atoms with Gasteiger partial charge >= 0.3 is 0 Å². The quantitative estimate of drug-likeness (QED) is 0.685. The fourth-order valence-corrected chi connectivity index (χ4v) is 2.19. The first kappa shape index (κ1) is 11.8. The van der Waals surface area contributed by atoms with Crippen LogP contribution in [-0.2, 0) is 0 Å². The van der Waals surface area contributed by atoms with Crippen molar-refractivity contribution in [2.24, 2.45) is 0 Å². The highest BCUT2D eigenvalue weighted by Gasteiger charge is 2.04. The highest BCUT2D eigenvalue weighted by atomic mass is 35.5. The predicted octanol–water partition coefficient (Wildman–Crippen LogP) is 4.21. The minimum atomic E-state index is 0.651. The first-order valence-corrected chi connectivity index (χ1v) is 6.26. The van der Waals surface area contributed by atoms with E-state index in [1.807, 2.05) is 36.5 Å². The van der Waals surface area contributed by atoms with Crippen LogP contribution in [0.25, 0.3) is 10.8 Å². The highest BCUT2D eigenvalue weighted by molar-refractivity contribution is 6.31. The van der Waals surface area contributed by atoms with E-state index in [-0.39, 0.29) is 0 Å². The molecule has 0 aliphatic carbocycles. The van der Waals surface area contributed by atoms with Crippen LogP contribution in [0.2, 0.25) is 5.02 Å². The number of rotatable bonds is 2. The number of nitrogens with zero attached hydrogens (tertiary/aromatic N) is 1. The van der Waals surface area contributed by atoms with Crippen molar-refractivity contribution in [1.29, 1.82) is 0 Å². The van der Waals surface area contributed by atoms with Crippen LogP contribution in [0.5, 0.6) is 0 Å². The second kappa shape index (κ2) is 4.78. The van der Waals surface area contributed by atoms with Gasteiger partial charge in [0.15, 0.2) is 0 Å². The Morgan fingerprint density at radius 1 is 1.05 bits per heavy atom. The molecule has 3 N–H and O–H groups in total. The molecule has 0 aliphatic heterocycles. The van der Waals surface area contributed by atoms with E-state index in [1.54, 1.807) is 18.3 Å². The van der Waals surface area contributed by atoms with Gasteiger partial charge in [0.2, 0.25) is 0 Å². The fourth-order valence-electron chi connectivity index (χ4n) is 2.01. The Balaban J connectivity index is 2.08. The summed E-state index contributed by atoms with van der Waals surface area (Å²) in [5.74, 6) is 0. The molecule has 94 valence electrons. The van der Waals surface area contributed by atoms with Crippen LogP contribution < -0.4 is 11.1 Å². The SMILES string of the molecule is Nc1ccc(Cl)cc1Nc1cccc2cnccc12. The lowest BCUT2D eigenvalue weighted by Crippen LogP contribution is -1.96. The monoisotopic (exact) mass is 269 g/mol. The smallest absolute Gasteiger partial charge is 0.0633 e. The van der Waals surface area contributed by atoms with Gasteiger partial charge in [0.1, 0.15) is 0 Å². The van der Waals surface area contributed by atoms with E-state index in [1.165, 1.54) is 0 Å². The molecule has 0 unspecified atom stereocenters. The number of fused-ring (bicyclic) bond motifs is 1. The summed E-state index contributed by atoms with van der Waals surface area (Å²) < 4.78 is 0. The molecule has 0 bridgehead atoms. The van der Waals surface area contributed by atoms with Gasteiger partial charge in [0.05, 0.1) is 11.4 Å². The molecule has 19 heavy (non-hydrogen) atoms. The molecule has 0 spiro atoms. The third-order valence-electron chi connectivity index (χ3n) is 2.97. The van der Waals surface area contributed by atoms with Crippen LogP contribution in [0.1, 0.15) is 0 Å². The van der Waals surface area contributed by atoms with Gasteiger partial charge < -0.3 is 11.1 Å². The van der Waals surface area contributed by atoms with Crippen molar-refractivity contribution >= 4 is 39.4 Å². The number of hydrogen-bond acceptors (Lipinski definition) is 3. The first-order valence-electron chi connectivity index (χ1n) is 5.89. The summed E-state index contributed by atoms with van der Waals surface area (Å²) >= 11 is 6.00. The number of pyridine rings is 1. The van der Waals surface area contributed by atoms with Gasteiger partial charge in [-0.3, -0.25) is 4.98 Å². The molecule has 2 aromatic carbocycles. The lowest BCUT2D eigenvalue weighted by atomic mass is 10.1. The Bertz CT molecular complexity index is 735. The van der Waals surface area contributed by atoms with Crippen molar-refractivity contribution in [2.75, 3.05) is 11.1 Å². The van der Waals surface area contributed by atoms with Crippen molar-refractivity contribution < 1.29 is 0 Å². The van der Waals surface area contributed by atoms with Crippen LogP contribution in [-0.4, -0.2) is 4.98 Å². The van der Waals surface area contributed by atoms with Crippen LogP contribution in [0.3, 0.4) is 0 Å². The van der Waals surface area contributed by atoms with Crippen molar-refractivity contribution in [3.05, 3.63) is 59.9 Å². The Kier molecular flexibility index (Phi) is 2.97. The standard InChI is InChI=1S/C15H12ClN3/c16-11-4-5-13(17)15(8-11)19-14-3-1-2-10-9-18-7-6-12(10)14/h1-9,19H,17H2. The number of aromatic nitrogens is 1. The molecule has 1 heterocycles. The summed E-state index contributed by atoms with van der Waals surface area (Å²) in [4.78, 5) is 4.12. The maximum atomic E-state index is 6.00. The maximum Gasteiger partial charge on any atom is 0.0633 e. The zero-order valence-corrected chi connectivity index (χ0v) is 10.9. The molecular weight excluding hydrogens is 258 g/mol. The Hall–Kier alpha value is -2.26. The third-order valence-corrected chi connectivity index (χ3v) is 3.20. The average Bonchev–Trinajstić information content (AvgIpc) is 2.43. The van der Waals surface area contributed by atoms with Crippen molar-refractivity contribution in [2.45, 2.75) is 0 Å². The molecule has 4 heteroatoms. The van der Waals surface area contributed by atoms with E-state index in [4.69, 9.17) is 17.3 Å². The summed E-state index contributed by atoms with van der Waals surface area (Å²) in [7, 11) is 0. The number of nitrogens with one attached hydrogen (secondary N) is 1. The normalized spacial score (nSPS) is 10.6. The number of nitrogen functional groups attached to an aromatic ring is 1. The molecule has 3 nitrogen and oxygen atoms in total. The molecule has 0 fully saturated rings. The number of nitrogens with two attached hydrogens (primary N) is 1. The Morgan fingerprint density at radius 2 is 1.95 bits per heavy atom. The van der Waals surface area contributed by atoms with Crippen LogP contribution in [0.4, 0.5) is 17.1 Å². The third kappa shape index (κ3) is 2.33. The maximum absolute atomic E-state index is 6.00. The Labute approximate surface area is 116 Å². The van der Waals surface area contributed by atoms with E-state index in [9.17, 15) is 0 Å². The molecule has 0 amide bonds. The molecule has 0 aliphatic rings. The molecule has 1 aromatic heterocycles. The van der Waals surface area contributed by atoms with E-state index < -0.39 is 0 Å². The summed E-state index contributed by atoms with van der Waals surface area (Å²) in [5.41, 5.74) is 8.39. The highest BCUT2D eigenvalue weighted by Crippen LogP contribution is 2.30. The van der Waals surface area contributed by atoms with Crippen molar-refractivity contribution in [1.82, 2.24) is 4.98 Å². The molecule has 0 radical (unpaired) electrons. The summed E-state index contributed by atoms with van der Waals surface area (Å²) in [6, 6.07) is 13.4. The predicted molar refractivity (Wildman–Crippen MR) is 80.9 cm³/mol. The second-order valence-electron chi connectivity index (χ2n) is 4.26. The van der Waals surface area contributed by atoms with Gasteiger partial charge in [-0.05, 0) is 30.3 Å². The minimum absolute atomic E-state index is 0.651. The molecule has 0 atom stereocenters. The number of hydrogen-bond donors (Lipinski definition) is 2. The van der Waals surface area contributed by atoms with E-state index in [0.717, 1.165) is 22.1 Å². The van der Waals surface area contributed by atoms with Crippen LogP contribution in [0.15, 0.2) is 54.9 Å². The molecule has 3 rings (SSSR count). The van der Waals surface area contributed by atoms with Crippen LogP contribution in [0, 0.1) is 0 Å². The van der Waals surface area contributed by atoms with E-state index in [2.05, 4.69) is 10.3 Å². The largest absolute Gasteiger partial charge is 0.397 e. The zero-order valence-electron chi connectivity index (χ0n) is 10.1. The molecule has 3 aromatic rings. The topological polar surface area (TPSA) is 50.9 Å². The van der Waals surface area contributed by atoms with Gasteiger partial charge in [0, 0.05) is 33.9 Å². The minimum Gasteiger partial charge on any atom is -0.397 e. The lowest BCUT2D eigenvalue weighted by Gasteiger charge is -2.12. The van der Waals surface area contributed by atoms with Gasteiger partial charge in [-0.2, -0.15) is 0 Å². The van der Waals surface area contributed by atoms with Crippen molar-refractivity contribution in [3.63, 3.8) is 0 Å². The van der Waals surface area contributed by atoms with E-state index in [0.29, 0.717) is 10.7 Å². The Morgan fingerprint density at radius 3 is 2.84 bits per heavy atom. The van der Waals surface area contributed by atoms with Gasteiger partial charge in [-0.15, -0.1) is 0 Å². The zero-order chi connectivity index (χ0) is 13.2. The summed E-state index contributed by atoms with van der Waals surface area (Å²) in [6.45, 7) is 0. The van der Waals surface area contributed by atoms with Gasteiger partial charge in [-0.1, -0.05) is 23.7 Å². The number of halogens is 1. The average molecular weight is 270 g/mol. The lowest BCUT2D eigenvalue weighted by molar-refractivity contribution is 1.36. The fraction of sp³-hybridized carbons (Fsp3) is 0. The van der Waals surface area contributed by atoms with Crippen LogP contribution >= 0.6 is 11.6 Å². The number of benzene rings is 2. The number of anilines is 3. The van der Waals surface area contributed by atoms with Gasteiger partial charge in [-0.25, -0.2) is 0 Å². The second-order valence-corrected chi connectivity index (χ2v) is 4.70. The molecular formula is C15H12ClN3. The van der Waals surface area contributed by atoms with E-state index >= 15 is 0 Å². The summed E-state index contributed by atoms with van der Waals surface area (Å²) in [5, 5.41) is 6.14. The first-order chi connectivity index (χ1) is 9.24. The summed E-state index contributed by atoms with van der Waals surface area (Å²) in [6.07, 6.45) is 3.61.